The van der Waals surface area contributed by atoms with E-state index in [1.807, 2.05) is 37.3 Å². The van der Waals surface area contributed by atoms with E-state index in [-0.39, 0.29) is 12.0 Å². The van der Waals surface area contributed by atoms with E-state index in [9.17, 15) is 4.79 Å². The highest BCUT2D eigenvalue weighted by atomic mass is 16.5. The van der Waals surface area contributed by atoms with E-state index in [0.29, 0.717) is 18.9 Å². The van der Waals surface area contributed by atoms with Gasteiger partial charge in [-0.05, 0) is 18.6 Å². The molecule has 1 aliphatic rings. The van der Waals surface area contributed by atoms with Gasteiger partial charge in [-0.1, -0.05) is 48.5 Å². The summed E-state index contributed by atoms with van der Waals surface area (Å²) < 4.78 is 11.6. The molecule has 1 aliphatic heterocycles. The summed E-state index contributed by atoms with van der Waals surface area (Å²) in [4.78, 5) is 14.9. The van der Waals surface area contributed by atoms with Crippen LogP contribution in [0, 0.1) is 6.92 Å². The quantitative estimate of drug-likeness (QED) is 0.754. The molecule has 1 N–H and O–H groups in total. The summed E-state index contributed by atoms with van der Waals surface area (Å²) in [6, 6.07) is 18.1. The lowest BCUT2D eigenvalue weighted by atomic mass is 10.1. The third-order valence-electron chi connectivity index (χ3n) is 5.01. The van der Waals surface area contributed by atoms with E-state index in [1.54, 1.807) is 0 Å². The number of furan rings is 1. The van der Waals surface area contributed by atoms with Crippen LogP contribution >= 0.6 is 0 Å². The molecule has 0 saturated carbocycles. The zero-order valence-electron chi connectivity index (χ0n) is 15.5. The maximum Gasteiger partial charge on any atom is 0.287 e. The minimum Gasteiger partial charge on any atom is -0.451 e. The molecule has 3 aromatic rings. The summed E-state index contributed by atoms with van der Waals surface area (Å²) in [5.41, 5.74) is 2.90. The van der Waals surface area contributed by atoms with Crippen molar-refractivity contribution in [2.75, 3.05) is 26.2 Å². The molecule has 2 heterocycles. The van der Waals surface area contributed by atoms with E-state index < -0.39 is 0 Å². The number of hydrogen-bond donors (Lipinski definition) is 1. The Hall–Kier alpha value is -2.63. The summed E-state index contributed by atoms with van der Waals surface area (Å²) in [6.45, 7) is 5.67. The van der Waals surface area contributed by atoms with Gasteiger partial charge in [0.05, 0.1) is 12.7 Å². The van der Waals surface area contributed by atoms with Crippen molar-refractivity contribution in [3.05, 3.63) is 71.5 Å². The van der Waals surface area contributed by atoms with Crippen LogP contribution in [-0.4, -0.2) is 43.2 Å². The van der Waals surface area contributed by atoms with E-state index in [2.05, 4.69) is 34.5 Å². The number of nitrogens with zero attached hydrogens (tertiary/aromatic N) is 1. The second-order valence-electron chi connectivity index (χ2n) is 6.98. The van der Waals surface area contributed by atoms with Gasteiger partial charge in [0, 0.05) is 37.1 Å². The van der Waals surface area contributed by atoms with E-state index in [4.69, 9.17) is 9.15 Å². The largest absolute Gasteiger partial charge is 0.451 e. The van der Waals surface area contributed by atoms with Crippen LogP contribution in [0.5, 0.6) is 0 Å². The first kappa shape index (κ1) is 17.8. The van der Waals surface area contributed by atoms with Crippen molar-refractivity contribution < 1.29 is 13.9 Å². The molecule has 27 heavy (non-hydrogen) atoms. The Morgan fingerprint density at radius 1 is 1.15 bits per heavy atom. The van der Waals surface area contributed by atoms with Gasteiger partial charge in [0.15, 0.2) is 5.76 Å². The molecule has 5 heteroatoms. The minimum absolute atomic E-state index is 0.0175. The minimum atomic E-state index is -0.188. The maximum atomic E-state index is 12.6. The Morgan fingerprint density at radius 2 is 1.93 bits per heavy atom. The Kier molecular flexibility index (Phi) is 5.23. The Labute approximate surface area is 158 Å². The number of aryl methyl sites for hydroxylation is 1. The standard InChI is InChI=1S/C22H24N2O3/c1-16-19-9-5-6-10-20(19)27-21(16)22(25)23-13-18-15-24(11-12-26-18)14-17-7-3-2-4-8-17/h2-10,18H,11-15H2,1H3,(H,23,25)/t18-/m1/s1. The maximum absolute atomic E-state index is 12.6. The topological polar surface area (TPSA) is 54.7 Å². The summed E-state index contributed by atoms with van der Waals surface area (Å²) in [6.07, 6.45) is -0.0175. The average molecular weight is 364 g/mol. The SMILES string of the molecule is Cc1c(C(=O)NC[C@@H]2CN(Cc3ccccc3)CCO2)oc2ccccc12. The Bertz CT molecular complexity index is 920. The number of benzene rings is 2. The third-order valence-corrected chi connectivity index (χ3v) is 5.01. The molecule has 0 bridgehead atoms. The van der Waals surface area contributed by atoms with E-state index in [0.717, 1.165) is 36.2 Å². The molecule has 1 amide bonds. The average Bonchev–Trinajstić information content (AvgIpc) is 3.04. The highest BCUT2D eigenvalue weighted by Gasteiger charge is 2.23. The molecular formula is C22H24N2O3. The van der Waals surface area contributed by atoms with Gasteiger partial charge in [0.25, 0.3) is 5.91 Å². The lowest BCUT2D eigenvalue weighted by Gasteiger charge is -2.33. The van der Waals surface area contributed by atoms with Crippen LogP contribution in [0.4, 0.5) is 0 Å². The first-order valence-corrected chi connectivity index (χ1v) is 9.35. The molecule has 0 aliphatic carbocycles. The molecule has 4 rings (SSSR count). The number of fused-ring (bicyclic) bond motifs is 1. The number of hydrogen-bond acceptors (Lipinski definition) is 4. The number of nitrogens with one attached hydrogen (secondary N) is 1. The highest BCUT2D eigenvalue weighted by molar-refractivity contribution is 5.98. The number of amides is 1. The molecule has 140 valence electrons. The van der Waals surface area contributed by atoms with Gasteiger partial charge in [-0.2, -0.15) is 0 Å². The van der Waals surface area contributed by atoms with Crippen molar-refractivity contribution in [3.8, 4) is 0 Å². The normalized spacial score (nSPS) is 17.9. The lowest BCUT2D eigenvalue weighted by Crippen LogP contribution is -2.47. The monoisotopic (exact) mass is 364 g/mol. The fraction of sp³-hybridized carbons (Fsp3) is 0.318. The summed E-state index contributed by atoms with van der Waals surface area (Å²) >= 11 is 0. The predicted molar refractivity (Wildman–Crippen MR) is 105 cm³/mol. The Morgan fingerprint density at radius 3 is 2.74 bits per heavy atom. The molecule has 1 saturated heterocycles. The molecule has 0 spiro atoms. The number of para-hydroxylation sites is 1. The van der Waals surface area contributed by atoms with Gasteiger partial charge >= 0.3 is 0 Å². The molecule has 0 radical (unpaired) electrons. The second kappa shape index (κ2) is 7.94. The molecule has 5 nitrogen and oxygen atoms in total. The van der Waals surface area contributed by atoms with Crippen molar-refractivity contribution in [2.24, 2.45) is 0 Å². The fourth-order valence-corrected chi connectivity index (χ4v) is 3.57. The first-order valence-electron chi connectivity index (χ1n) is 9.35. The van der Waals surface area contributed by atoms with E-state index >= 15 is 0 Å². The smallest absolute Gasteiger partial charge is 0.287 e. The zero-order valence-corrected chi connectivity index (χ0v) is 15.5. The van der Waals surface area contributed by atoms with Gasteiger partial charge in [-0.25, -0.2) is 0 Å². The van der Waals surface area contributed by atoms with Gasteiger partial charge < -0.3 is 14.5 Å². The lowest BCUT2D eigenvalue weighted by molar-refractivity contribution is -0.0293. The number of rotatable bonds is 5. The highest BCUT2D eigenvalue weighted by Crippen LogP contribution is 2.24. The van der Waals surface area contributed by atoms with Crippen LogP contribution in [0.15, 0.2) is 59.0 Å². The van der Waals surface area contributed by atoms with Crippen LogP contribution in [0.25, 0.3) is 11.0 Å². The van der Waals surface area contributed by atoms with Crippen LogP contribution in [0.3, 0.4) is 0 Å². The second-order valence-corrected chi connectivity index (χ2v) is 6.98. The van der Waals surface area contributed by atoms with Crippen molar-refractivity contribution in [1.29, 1.82) is 0 Å². The number of morpholine rings is 1. The Balaban J connectivity index is 1.35. The third kappa shape index (κ3) is 4.04. The van der Waals surface area contributed by atoms with Crippen LogP contribution in [0.2, 0.25) is 0 Å². The fourth-order valence-electron chi connectivity index (χ4n) is 3.57. The molecule has 1 atom stereocenters. The number of ether oxygens (including phenoxy) is 1. The number of carbonyl (C=O) groups is 1. The first-order chi connectivity index (χ1) is 13.2. The summed E-state index contributed by atoms with van der Waals surface area (Å²) in [5, 5.41) is 3.95. The molecule has 2 aromatic carbocycles. The van der Waals surface area contributed by atoms with Crippen LogP contribution < -0.4 is 5.32 Å². The van der Waals surface area contributed by atoms with Gasteiger partial charge in [-0.3, -0.25) is 9.69 Å². The van der Waals surface area contributed by atoms with E-state index in [1.165, 1.54) is 5.56 Å². The van der Waals surface area contributed by atoms with Gasteiger partial charge in [-0.15, -0.1) is 0 Å². The summed E-state index contributed by atoms with van der Waals surface area (Å²) in [7, 11) is 0. The molecular weight excluding hydrogens is 340 g/mol. The van der Waals surface area contributed by atoms with Crippen LogP contribution in [0.1, 0.15) is 21.7 Å². The van der Waals surface area contributed by atoms with Gasteiger partial charge in [0.1, 0.15) is 5.58 Å². The van der Waals surface area contributed by atoms with Crippen molar-refractivity contribution >= 4 is 16.9 Å². The zero-order chi connectivity index (χ0) is 18.6. The van der Waals surface area contributed by atoms with Crippen molar-refractivity contribution in [3.63, 3.8) is 0 Å². The molecule has 1 aromatic heterocycles. The van der Waals surface area contributed by atoms with Crippen LogP contribution in [-0.2, 0) is 11.3 Å². The van der Waals surface area contributed by atoms with Crippen molar-refractivity contribution in [1.82, 2.24) is 10.2 Å². The molecule has 1 fully saturated rings. The predicted octanol–water partition coefficient (Wildman–Crippen LogP) is 3.37. The van der Waals surface area contributed by atoms with Crippen molar-refractivity contribution in [2.45, 2.75) is 19.6 Å². The number of carbonyl (C=O) groups excluding carboxylic acids is 1. The molecule has 0 unspecified atom stereocenters. The summed E-state index contributed by atoms with van der Waals surface area (Å²) in [5.74, 6) is 0.195. The van der Waals surface area contributed by atoms with Gasteiger partial charge in [0.2, 0.25) is 0 Å².